The van der Waals surface area contributed by atoms with Crippen LogP contribution in [0.3, 0.4) is 0 Å². The molecule has 3 aromatic rings. The lowest BCUT2D eigenvalue weighted by molar-refractivity contribution is -0.0411. The van der Waals surface area contributed by atoms with Crippen molar-refractivity contribution in [1.29, 1.82) is 0 Å². The summed E-state index contributed by atoms with van der Waals surface area (Å²) < 4.78 is 7.88. The predicted octanol–water partition coefficient (Wildman–Crippen LogP) is 4.30. The predicted molar refractivity (Wildman–Crippen MR) is 113 cm³/mol. The highest BCUT2D eigenvalue weighted by atomic mass is 32.2. The van der Waals surface area contributed by atoms with Gasteiger partial charge in [-0.3, -0.25) is 9.36 Å². The molecule has 0 amide bonds. The summed E-state index contributed by atoms with van der Waals surface area (Å²) in [6, 6.07) is 11.8. The van der Waals surface area contributed by atoms with Crippen LogP contribution in [0.25, 0.3) is 16.7 Å². The molecule has 0 N–H and O–H groups in total. The SMILES string of the molecule is C=C(C)CSc1nc(=O)c2cc3c(nc2n1-c1ccccc1)CC(C)(C)OC3. The first-order valence-electron chi connectivity index (χ1n) is 9.26. The van der Waals surface area contributed by atoms with Crippen molar-refractivity contribution in [3.8, 4) is 5.69 Å². The van der Waals surface area contributed by atoms with Crippen molar-refractivity contribution in [2.45, 2.75) is 44.6 Å². The van der Waals surface area contributed by atoms with Crippen LogP contribution >= 0.6 is 11.8 Å². The van der Waals surface area contributed by atoms with Crippen molar-refractivity contribution in [3.63, 3.8) is 0 Å². The van der Waals surface area contributed by atoms with Gasteiger partial charge in [0.1, 0.15) is 0 Å². The molecule has 6 heteroatoms. The molecule has 5 nitrogen and oxygen atoms in total. The van der Waals surface area contributed by atoms with Gasteiger partial charge in [-0.2, -0.15) is 4.98 Å². The molecular formula is C22H23N3O2S. The fourth-order valence-electron chi connectivity index (χ4n) is 3.30. The highest BCUT2D eigenvalue weighted by molar-refractivity contribution is 7.99. The van der Waals surface area contributed by atoms with Crippen LogP contribution in [0.4, 0.5) is 0 Å². The molecule has 0 bridgehead atoms. The number of nitrogens with zero attached hydrogens (tertiary/aromatic N) is 3. The quantitative estimate of drug-likeness (QED) is 0.376. The molecule has 4 rings (SSSR count). The number of hydrogen-bond acceptors (Lipinski definition) is 5. The fourth-order valence-corrected chi connectivity index (χ4v) is 4.14. The van der Waals surface area contributed by atoms with E-state index in [0.29, 0.717) is 35.0 Å². The molecule has 0 unspecified atom stereocenters. The normalized spacial score (nSPS) is 15.4. The van der Waals surface area contributed by atoms with Gasteiger partial charge >= 0.3 is 0 Å². The van der Waals surface area contributed by atoms with Crippen molar-refractivity contribution in [1.82, 2.24) is 14.5 Å². The van der Waals surface area contributed by atoms with Crippen LogP contribution in [0.15, 0.2) is 58.5 Å². The number of ether oxygens (including phenoxy) is 1. The molecule has 1 aromatic carbocycles. The third-order valence-corrected chi connectivity index (χ3v) is 5.84. The van der Waals surface area contributed by atoms with E-state index < -0.39 is 0 Å². The topological polar surface area (TPSA) is 57.0 Å². The van der Waals surface area contributed by atoms with Crippen LogP contribution in [0.1, 0.15) is 32.0 Å². The number of para-hydroxylation sites is 1. The van der Waals surface area contributed by atoms with Crippen LogP contribution in [0.2, 0.25) is 0 Å². The first kappa shape index (κ1) is 18.9. The van der Waals surface area contributed by atoms with Crippen LogP contribution in [0, 0.1) is 0 Å². The van der Waals surface area contributed by atoms with E-state index in [1.807, 2.05) is 47.9 Å². The minimum atomic E-state index is -0.268. The Bertz CT molecular complexity index is 1120. The summed E-state index contributed by atoms with van der Waals surface area (Å²) in [6.45, 7) is 10.5. The fraction of sp³-hybridized carbons (Fsp3) is 0.318. The first-order valence-corrected chi connectivity index (χ1v) is 10.2. The first-order chi connectivity index (χ1) is 13.3. The summed E-state index contributed by atoms with van der Waals surface area (Å²) in [6.07, 6.45) is 0.706. The number of benzene rings is 1. The zero-order chi connectivity index (χ0) is 19.9. The Morgan fingerprint density at radius 1 is 1.29 bits per heavy atom. The highest BCUT2D eigenvalue weighted by Gasteiger charge is 2.28. The van der Waals surface area contributed by atoms with Gasteiger partial charge in [-0.15, -0.1) is 0 Å². The summed E-state index contributed by atoms with van der Waals surface area (Å²) in [7, 11) is 0. The maximum atomic E-state index is 12.8. The maximum absolute atomic E-state index is 12.8. The lowest BCUT2D eigenvalue weighted by Gasteiger charge is -2.31. The Hall–Kier alpha value is -2.44. The maximum Gasteiger partial charge on any atom is 0.283 e. The molecule has 0 aliphatic carbocycles. The standard InChI is InChI=1S/C22H23N3O2S/c1-14(2)13-28-21-24-20(26)17-10-15-12-27-22(3,4)11-18(15)23-19(17)25(21)16-8-6-5-7-9-16/h5-10H,1,11-13H2,2-4H3. The number of fused-ring (bicyclic) bond motifs is 2. The van der Waals surface area contributed by atoms with E-state index in [4.69, 9.17) is 9.72 Å². The summed E-state index contributed by atoms with van der Waals surface area (Å²) in [5.74, 6) is 0.691. The molecule has 0 saturated heterocycles. The number of pyridine rings is 1. The lowest BCUT2D eigenvalue weighted by Crippen LogP contribution is -2.33. The summed E-state index contributed by atoms with van der Waals surface area (Å²) in [5.41, 5.74) is 4.02. The molecule has 0 radical (unpaired) electrons. The minimum Gasteiger partial charge on any atom is -0.370 e. The van der Waals surface area contributed by atoms with E-state index in [1.165, 1.54) is 11.8 Å². The van der Waals surface area contributed by atoms with Crippen LogP contribution in [0.5, 0.6) is 0 Å². The van der Waals surface area contributed by atoms with E-state index in [-0.39, 0.29) is 11.2 Å². The van der Waals surface area contributed by atoms with Gasteiger partial charge in [0, 0.05) is 23.4 Å². The Morgan fingerprint density at radius 3 is 2.75 bits per heavy atom. The molecule has 1 aliphatic rings. The number of hydrogen-bond donors (Lipinski definition) is 0. The summed E-state index contributed by atoms with van der Waals surface area (Å²) >= 11 is 1.50. The number of aromatic nitrogens is 3. The molecule has 1 aliphatic heterocycles. The molecule has 3 heterocycles. The monoisotopic (exact) mass is 393 g/mol. The number of thioether (sulfide) groups is 1. The Labute approximate surface area is 168 Å². The minimum absolute atomic E-state index is 0.258. The van der Waals surface area contributed by atoms with E-state index in [9.17, 15) is 4.79 Å². The van der Waals surface area contributed by atoms with Crippen molar-refractivity contribution in [2.75, 3.05) is 5.75 Å². The van der Waals surface area contributed by atoms with Crippen molar-refractivity contribution in [3.05, 3.63) is 70.2 Å². The number of rotatable bonds is 4. The largest absolute Gasteiger partial charge is 0.370 e. The summed E-state index contributed by atoms with van der Waals surface area (Å²) in [5, 5.41) is 1.15. The van der Waals surface area contributed by atoms with E-state index in [1.54, 1.807) is 0 Å². The second-order valence-corrected chi connectivity index (χ2v) is 8.75. The average molecular weight is 394 g/mol. The zero-order valence-corrected chi connectivity index (χ0v) is 17.2. The third-order valence-electron chi connectivity index (χ3n) is 4.68. The molecule has 0 fully saturated rings. The molecule has 2 aromatic heterocycles. The van der Waals surface area contributed by atoms with Crippen molar-refractivity contribution >= 4 is 22.8 Å². The molecule has 144 valence electrons. The van der Waals surface area contributed by atoms with Crippen LogP contribution in [-0.2, 0) is 17.8 Å². The molecular weight excluding hydrogens is 370 g/mol. The van der Waals surface area contributed by atoms with Gasteiger partial charge in [-0.25, -0.2) is 4.98 Å². The average Bonchev–Trinajstić information content (AvgIpc) is 2.65. The van der Waals surface area contributed by atoms with Gasteiger partial charge in [0.05, 0.1) is 23.3 Å². The van der Waals surface area contributed by atoms with Gasteiger partial charge in [0.25, 0.3) is 5.56 Å². The second-order valence-electron chi connectivity index (χ2n) is 7.81. The smallest absolute Gasteiger partial charge is 0.283 e. The van der Waals surface area contributed by atoms with Gasteiger partial charge in [-0.05, 0) is 39.0 Å². The van der Waals surface area contributed by atoms with E-state index in [2.05, 4.69) is 25.4 Å². The Balaban J connectivity index is 1.99. The van der Waals surface area contributed by atoms with Gasteiger partial charge in [0.2, 0.25) is 0 Å². The Kier molecular flexibility index (Phi) is 4.85. The molecule has 0 spiro atoms. The molecule has 0 atom stereocenters. The van der Waals surface area contributed by atoms with Crippen molar-refractivity contribution < 1.29 is 4.74 Å². The van der Waals surface area contributed by atoms with Crippen LogP contribution < -0.4 is 5.56 Å². The van der Waals surface area contributed by atoms with Gasteiger partial charge in [-0.1, -0.05) is 42.1 Å². The zero-order valence-electron chi connectivity index (χ0n) is 16.4. The molecule has 0 saturated carbocycles. The van der Waals surface area contributed by atoms with Gasteiger partial charge < -0.3 is 4.74 Å². The van der Waals surface area contributed by atoms with E-state index in [0.717, 1.165) is 22.5 Å². The van der Waals surface area contributed by atoms with Crippen LogP contribution in [-0.4, -0.2) is 25.9 Å². The third kappa shape index (κ3) is 3.62. The summed E-state index contributed by atoms with van der Waals surface area (Å²) in [4.78, 5) is 22.1. The Morgan fingerprint density at radius 2 is 2.04 bits per heavy atom. The van der Waals surface area contributed by atoms with Gasteiger partial charge in [0.15, 0.2) is 10.8 Å². The van der Waals surface area contributed by atoms with E-state index >= 15 is 0 Å². The van der Waals surface area contributed by atoms with Crippen molar-refractivity contribution in [2.24, 2.45) is 0 Å². The highest BCUT2D eigenvalue weighted by Crippen LogP contribution is 2.30. The second kappa shape index (κ2) is 7.18. The lowest BCUT2D eigenvalue weighted by atomic mass is 9.95. The molecule has 28 heavy (non-hydrogen) atoms.